The number of carbonyl (C=O) groups excluding carboxylic acids is 2. The standard InChI is InChI=1S/C16H20N6O3/c1-25-16(24)21-9-2-3-10-12(6-9)18-4-5-19-14(23)7-11(17)15-20-8-13(10)22-15/h2-3,6,8,11,18H,4-5,7,17H2,1H3,(H,19,23)(H,20,22)(H,21,24)/t11-/m0/s1. The summed E-state index contributed by atoms with van der Waals surface area (Å²) in [6.07, 6.45) is 1.37. The van der Waals surface area contributed by atoms with Crippen molar-refractivity contribution in [1.82, 2.24) is 15.3 Å². The lowest BCUT2D eigenvalue weighted by molar-refractivity contribution is -0.121. The number of hydrogen-bond acceptors (Lipinski definition) is 6. The Kier molecular flexibility index (Phi) is 4.85. The van der Waals surface area contributed by atoms with Crippen molar-refractivity contribution in [2.24, 2.45) is 5.73 Å². The number of fused-ring (bicyclic) bond motifs is 4. The number of rotatable bonds is 1. The van der Waals surface area contributed by atoms with E-state index in [9.17, 15) is 9.59 Å². The molecule has 1 aliphatic rings. The molecule has 25 heavy (non-hydrogen) atoms. The van der Waals surface area contributed by atoms with Crippen LogP contribution in [0.3, 0.4) is 0 Å². The third-order valence-corrected chi connectivity index (χ3v) is 3.84. The van der Waals surface area contributed by atoms with E-state index in [2.05, 4.69) is 30.7 Å². The molecule has 0 unspecified atom stereocenters. The third-order valence-electron chi connectivity index (χ3n) is 3.84. The van der Waals surface area contributed by atoms with Gasteiger partial charge in [0, 0.05) is 42.6 Å². The number of H-pyrrole nitrogens is 1. The predicted molar refractivity (Wildman–Crippen MR) is 93.1 cm³/mol. The molecule has 9 heteroatoms. The number of amides is 2. The molecule has 1 aliphatic heterocycles. The van der Waals surface area contributed by atoms with E-state index in [-0.39, 0.29) is 12.3 Å². The first-order valence-electron chi connectivity index (χ1n) is 7.87. The SMILES string of the molecule is COC(=O)Nc1ccc2c(c1)NCCNC(=O)C[C@H](N)c1nc-2c[nH]1. The van der Waals surface area contributed by atoms with Gasteiger partial charge in [0.25, 0.3) is 0 Å². The van der Waals surface area contributed by atoms with E-state index >= 15 is 0 Å². The van der Waals surface area contributed by atoms with Gasteiger partial charge in [0.2, 0.25) is 5.91 Å². The average molecular weight is 344 g/mol. The van der Waals surface area contributed by atoms with Gasteiger partial charge in [-0.2, -0.15) is 0 Å². The van der Waals surface area contributed by atoms with Crippen LogP contribution in [-0.2, 0) is 9.53 Å². The fourth-order valence-electron chi connectivity index (χ4n) is 2.59. The second-order valence-electron chi connectivity index (χ2n) is 5.64. The zero-order chi connectivity index (χ0) is 17.8. The van der Waals surface area contributed by atoms with Crippen molar-refractivity contribution in [3.63, 3.8) is 0 Å². The molecular weight excluding hydrogens is 324 g/mol. The second-order valence-corrected chi connectivity index (χ2v) is 5.64. The lowest BCUT2D eigenvalue weighted by Crippen LogP contribution is -2.31. The Bertz CT molecular complexity index is 788. The second kappa shape index (κ2) is 7.22. The maximum absolute atomic E-state index is 11.9. The predicted octanol–water partition coefficient (Wildman–Crippen LogP) is 1.19. The fraction of sp³-hybridized carbons (Fsp3) is 0.312. The van der Waals surface area contributed by atoms with Crippen LogP contribution < -0.4 is 21.7 Å². The van der Waals surface area contributed by atoms with Crippen LogP contribution in [0.25, 0.3) is 11.3 Å². The van der Waals surface area contributed by atoms with Gasteiger partial charge in [-0.25, -0.2) is 9.78 Å². The highest BCUT2D eigenvalue weighted by Gasteiger charge is 2.18. The highest BCUT2D eigenvalue weighted by atomic mass is 16.5. The van der Waals surface area contributed by atoms with Gasteiger partial charge in [0.05, 0.1) is 18.8 Å². The smallest absolute Gasteiger partial charge is 0.411 e. The van der Waals surface area contributed by atoms with Gasteiger partial charge >= 0.3 is 6.09 Å². The number of carbonyl (C=O) groups is 2. The van der Waals surface area contributed by atoms with E-state index in [0.29, 0.717) is 30.3 Å². The van der Waals surface area contributed by atoms with Gasteiger partial charge in [-0.3, -0.25) is 10.1 Å². The summed E-state index contributed by atoms with van der Waals surface area (Å²) in [4.78, 5) is 30.8. The van der Waals surface area contributed by atoms with Gasteiger partial charge in [-0.15, -0.1) is 0 Å². The highest BCUT2D eigenvalue weighted by Crippen LogP contribution is 2.30. The highest BCUT2D eigenvalue weighted by molar-refractivity contribution is 5.88. The number of nitrogens with one attached hydrogen (secondary N) is 4. The molecule has 2 aromatic rings. The van der Waals surface area contributed by atoms with Crippen LogP contribution in [0.1, 0.15) is 18.3 Å². The normalized spacial score (nSPS) is 17.2. The number of imidazole rings is 1. The molecular formula is C16H20N6O3. The monoisotopic (exact) mass is 344 g/mol. The average Bonchev–Trinajstić information content (AvgIpc) is 3.08. The van der Waals surface area contributed by atoms with E-state index in [1.54, 1.807) is 18.3 Å². The Balaban J connectivity index is 1.96. The number of anilines is 2. The minimum atomic E-state index is -0.548. The van der Waals surface area contributed by atoms with Crippen LogP contribution in [-0.4, -0.2) is 42.2 Å². The largest absolute Gasteiger partial charge is 0.453 e. The van der Waals surface area contributed by atoms with E-state index in [1.165, 1.54) is 7.11 Å². The van der Waals surface area contributed by atoms with Crippen molar-refractivity contribution < 1.29 is 14.3 Å². The van der Waals surface area contributed by atoms with Gasteiger partial charge in [-0.1, -0.05) is 0 Å². The topological polar surface area (TPSA) is 134 Å². The first-order valence-corrected chi connectivity index (χ1v) is 7.87. The number of nitrogens with two attached hydrogens (primary N) is 1. The molecule has 1 aromatic heterocycles. The van der Waals surface area contributed by atoms with E-state index in [0.717, 1.165) is 11.3 Å². The molecule has 0 radical (unpaired) electrons. The summed E-state index contributed by atoms with van der Waals surface area (Å²) in [5, 5.41) is 8.68. The Hall–Kier alpha value is -3.07. The summed E-state index contributed by atoms with van der Waals surface area (Å²) in [6.45, 7) is 0.978. The van der Waals surface area contributed by atoms with Crippen LogP contribution in [0, 0.1) is 0 Å². The lowest BCUT2D eigenvalue weighted by atomic mass is 10.1. The molecule has 132 valence electrons. The van der Waals surface area contributed by atoms with Crippen LogP contribution in [0.4, 0.5) is 16.2 Å². The lowest BCUT2D eigenvalue weighted by Gasteiger charge is -2.15. The molecule has 0 spiro atoms. The maximum Gasteiger partial charge on any atom is 0.411 e. The van der Waals surface area contributed by atoms with Gasteiger partial charge < -0.3 is 26.1 Å². The molecule has 2 amide bonds. The molecule has 0 saturated heterocycles. The van der Waals surface area contributed by atoms with Crippen LogP contribution in [0.15, 0.2) is 24.4 Å². The summed E-state index contributed by atoms with van der Waals surface area (Å²) in [6, 6.07) is 4.90. The molecule has 2 bridgehead atoms. The van der Waals surface area contributed by atoms with Crippen LogP contribution >= 0.6 is 0 Å². The molecule has 3 rings (SSSR count). The Labute approximate surface area is 144 Å². The fourth-order valence-corrected chi connectivity index (χ4v) is 2.59. The molecule has 1 atom stereocenters. The van der Waals surface area contributed by atoms with Crippen LogP contribution in [0.2, 0.25) is 0 Å². The van der Waals surface area contributed by atoms with Crippen molar-refractivity contribution >= 4 is 23.4 Å². The quantitative estimate of drug-likeness (QED) is 0.527. The molecule has 2 heterocycles. The Morgan fingerprint density at radius 3 is 2.96 bits per heavy atom. The minimum Gasteiger partial charge on any atom is -0.453 e. The van der Waals surface area contributed by atoms with Crippen molar-refractivity contribution in [3.8, 4) is 11.3 Å². The van der Waals surface area contributed by atoms with Crippen molar-refractivity contribution in [2.75, 3.05) is 30.8 Å². The maximum atomic E-state index is 11.9. The van der Waals surface area contributed by atoms with Crippen molar-refractivity contribution in [2.45, 2.75) is 12.5 Å². The Morgan fingerprint density at radius 1 is 1.36 bits per heavy atom. The first kappa shape index (κ1) is 16.8. The molecule has 0 saturated carbocycles. The molecule has 9 nitrogen and oxygen atoms in total. The van der Waals surface area contributed by atoms with Crippen molar-refractivity contribution in [1.29, 1.82) is 0 Å². The summed E-state index contributed by atoms with van der Waals surface area (Å²) in [5.41, 5.74) is 8.96. The number of hydrogen-bond donors (Lipinski definition) is 5. The summed E-state index contributed by atoms with van der Waals surface area (Å²) in [7, 11) is 1.30. The number of nitrogens with zero attached hydrogens (tertiary/aromatic N) is 1. The van der Waals surface area contributed by atoms with Gasteiger partial charge in [0.1, 0.15) is 5.82 Å². The number of benzene rings is 1. The van der Waals surface area contributed by atoms with E-state index in [1.807, 2.05) is 6.07 Å². The molecule has 1 aromatic carbocycles. The summed E-state index contributed by atoms with van der Waals surface area (Å²) in [5.74, 6) is 0.419. The number of aromatic amines is 1. The molecule has 0 fully saturated rings. The van der Waals surface area contributed by atoms with Crippen LogP contribution in [0.5, 0.6) is 0 Å². The van der Waals surface area contributed by atoms with Gasteiger partial charge in [-0.05, 0) is 18.2 Å². The number of methoxy groups -OCH3 is 1. The minimum absolute atomic E-state index is 0.130. The zero-order valence-corrected chi connectivity index (χ0v) is 13.8. The molecule has 0 aliphatic carbocycles. The Morgan fingerprint density at radius 2 is 2.16 bits per heavy atom. The molecule has 6 N–H and O–H groups in total. The number of aromatic nitrogens is 2. The summed E-state index contributed by atoms with van der Waals surface area (Å²) < 4.78 is 4.61. The third kappa shape index (κ3) is 3.89. The zero-order valence-electron chi connectivity index (χ0n) is 13.8. The van der Waals surface area contributed by atoms with Gasteiger partial charge in [0.15, 0.2) is 0 Å². The van der Waals surface area contributed by atoms with E-state index < -0.39 is 12.1 Å². The van der Waals surface area contributed by atoms with Crippen molar-refractivity contribution in [3.05, 3.63) is 30.2 Å². The summed E-state index contributed by atoms with van der Waals surface area (Å²) >= 11 is 0. The number of ether oxygens (including phenoxy) is 1. The van der Waals surface area contributed by atoms with E-state index in [4.69, 9.17) is 5.73 Å². The first-order chi connectivity index (χ1) is 12.1.